The topological polar surface area (TPSA) is 83.5 Å². The molecular weight excluding hydrogens is 273 g/mol. The van der Waals surface area contributed by atoms with E-state index in [9.17, 15) is 17.6 Å². The van der Waals surface area contributed by atoms with Crippen LogP contribution in [-0.4, -0.2) is 25.5 Å². The Balaban J connectivity index is 2.87. The maximum atomic E-state index is 12.7. The van der Waals surface area contributed by atoms with Crippen LogP contribution in [0.3, 0.4) is 0 Å². The normalized spacial score (nSPS) is 13.2. The first-order valence-corrected chi connectivity index (χ1v) is 7.36. The summed E-state index contributed by atoms with van der Waals surface area (Å²) in [6.45, 7) is 1.88. The zero-order chi connectivity index (χ0) is 14.5. The first kappa shape index (κ1) is 15.6. The van der Waals surface area contributed by atoms with Gasteiger partial charge in [-0.25, -0.2) is 12.8 Å². The highest BCUT2D eigenvalue weighted by molar-refractivity contribution is 7.89. The Hall–Kier alpha value is -1.47. The van der Waals surface area contributed by atoms with Crippen LogP contribution in [0.5, 0.6) is 0 Å². The number of aliphatic carboxylic acids is 1. The molecule has 0 saturated heterocycles. The fourth-order valence-electron chi connectivity index (χ4n) is 1.51. The van der Waals surface area contributed by atoms with Gasteiger partial charge in [0, 0.05) is 0 Å². The van der Waals surface area contributed by atoms with E-state index in [4.69, 9.17) is 5.11 Å². The summed E-state index contributed by atoms with van der Waals surface area (Å²) < 4.78 is 38.7. The van der Waals surface area contributed by atoms with Crippen molar-refractivity contribution in [3.8, 4) is 0 Å². The van der Waals surface area contributed by atoms with Gasteiger partial charge in [0.15, 0.2) is 0 Å². The van der Waals surface area contributed by atoms with Crippen LogP contribution in [0.4, 0.5) is 4.39 Å². The Labute approximate surface area is 111 Å². The number of nitrogens with one attached hydrogen (secondary N) is 1. The van der Waals surface area contributed by atoms with E-state index in [1.807, 2.05) is 6.92 Å². The molecule has 0 bridgehead atoms. The third-order valence-electron chi connectivity index (χ3n) is 2.57. The highest BCUT2D eigenvalue weighted by atomic mass is 32.2. The Kier molecular flexibility index (Phi) is 5.44. The number of carboxylic acids is 1. The number of rotatable bonds is 7. The quantitative estimate of drug-likeness (QED) is 0.801. The van der Waals surface area contributed by atoms with Gasteiger partial charge in [-0.15, -0.1) is 0 Å². The molecule has 0 aliphatic heterocycles. The van der Waals surface area contributed by atoms with Gasteiger partial charge in [-0.2, -0.15) is 4.72 Å². The predicted octanol–water partition coefficient (Wildman–Crippen LogP) is 1.75. The fraction of sp³-hybridized carbons (Fsp3) is 0.417. The molecule has 0 unspecified atom stereocenters. The average Bonchev–Trinajstić information content (AvgIpc) is 2.34. The summed E-state index contributed by atoms with van der Waals surface area (Å²) in [5.74, 6) is -1.78. The lowest BCUT2D eigenvalue weighted by Gasteiger charge is -2.14. The highest BCUT2D eigenvalue weighted by Crippen LogP contribution is 2.12. The first-order valence-electron chi connectivity index (χ1n) is 5.87. The lowest BCUT2D eigenvalue weighted by Crippen LogP contribution is -2.40. The van der Waals surface area contributed by atoms with Crippen molar-refractivity contribution in [1.29, 1.82) is 0 Å². The lowest BCUT2D eigenvalue weighted by atomic mass is 10.1. The largest absolute Gasteiger partial charge is 0.480 e. The van der Waals surface area contributed by atoms with Crippen LogP contribution in [0.1, 0.15) is 26.2 Å². The van der Waals surface area contributed by atoms with Gasteiger partial charge in [0.1, 0.15) is 11.9 Å². The molecule has 0 aromatic heterocycles. The van der Waals surface area contributed by atoms with Gasteiger partial charge in [-0.05, 0) is 30.7 Å². The molecule has 0 fully saturated rings. The standard InChI is InChI=1S/C12H16FNO4S/c1-2-3-4-11(12(15)16)14-19(17,18)10-7-5-9(13)6-8-10/h5-8,11,14H,2-4H2,1H3,(H,15,16)/t11-/m1/s1. The summed E-state index contributed by atoms with van der Waals surface area (Å²) in [4.78, 5) is 10.8. The number of sulfonamides is 1. The van der Waals surface area contributed by atoms with Gasteiger partial charge in [0.2, 0.25) is 10.0 Å². The molecule has 5 nitrogen and oxygen atoms in total. The van der Waals surface area contributed by atoms with E-state index in [0.29, 0.717) is 6.42 Å². The van der Waals surface area contributed by atoms with Crippen molar-refractivity contribution < 1.29 is 22.7 Å². The maximum absolute atomic E-state index is 12.7. The zero-order valence-electron chi connectivity index (χ0n) is 10.5. The molecule has 19 heavy (non-hydrogen) atoms. The van der Waals surface area contributed by atoms with E-state index >= 15 is 0 Å². The minimum Gasteiger partial charge on any atom is -0.480 e. The monoisotopic (exact) mass is 289 g/mol. The highest BCUT2D eigenvalue weighted by Gasteiger charge is 2.24. The number of carboxylic acid groups (broad SMARTS) is 1. The van der Waals surface area contributed by atoms with E-state index in [-0.39, 0.29) is 11.3 Å². The van der Waals surface area contributed by atoms with Crippen molar-refractivity contribution in [3.05, 3.63) is 30.1 Å². The number of hydrogen-bond donors (Lipinski definition) is 2. The smallest absolute Gasteiger partial charge is 0.321 e. The number of carbonyl (C=O) groups is 1. The molecular formula is C12H16FNO4S. The Morgan fingerprint density at radius 1 is 1.37 bits per heavy atom. The molecule has 0 aliphatic carbocycles. The van der Waals surface area contributed by atoms with Gasteiger partial charge in [-0.1, -0.05) is 19.8 Å². The number of unbranched alkanes of at least 4 members (excludes halogenated alkanes) is 1. The van der Waals surface area contributed by atoms with Gasteiger partial charge in [-0.3, -0.25) is 4.79 Å². The van der Waals surface area contributed by atoms with Crippen LogP contribution >= 0.6 is 0 Å². The molecule has 0 saturated carbocycles. The second kappa shape index (κ2) is 6.63. The zero-order valence-corrected chi connectivity index (χ0v) is 11.3. The predicted molar refractivity (Wildman–Crippen MR) is 67.7 cm³/mol. The van der Waals surface area contributed by atoms with Crippen LogP contribution in [0.2, 0.25) is 0 Å². The van der Waals surface area contributed by atoms with E-state index in [1.165, 1.54) is 0 Å². The van der Waals surface area contributed by atoms with Crippen molar-refractivity contribution in [2.75, 3.05) is 0 Å². The Bertz CT molecular complexity index is 527. The van der Waals surface area contributed by atoms with Crippen molar-refractivity contribution in [1.82, 2.24) is 4.72 Å². The average molecular weight is 289 g/mol. The van der Waals surface area contributed by atoms with Gasteiger partial charge in [0.25, 0.3) is 0 Å². The van der Waals surface area contributed by atoms with E-state index in [0.717, 1.165) is 30.7 Å². The van der Waals surface area contributed by atoms with Gasteiger partial charge >= 0.3 is 5.97 Å². The van der Waals surface area contributed by atoms with Crippen molar-refractivity contribution in [2.24, 2.45) is 0 Å². The maximum Gasteiger partial charge on any atom is 0.321 e. The Morgan fingerprint density at radius 3 is 2.42 bits per heavy atom. The fourth-order valence-corrected chi connectivity index (χ4v) is 2.73. The summed E-state index contributed by atoms with van der Waals surface area (Å²) in [7, 11) is -3.95. The van der Waals surface area contributed by atoms with Crippen LogP contribution in [0.25, 0.3) is 0 Å². The van der Waals surface area contributed by atoms with Crippen molar-refractivity contribution >= 4 is 16.0 Å². The van der Waals surface area contributed by atoms with E-state index in [2.05, 4.69) is 4.72 Å². The third-order valence-corrected chi connectivity index (χ3v) is 4.05. The molecule has 1 atom stereocenters. The van der Waals surface area contributed by atoms with Crippen molar-refractivity contribution in [2.45, 2.75) is 37.1 Å². The van der Waals surface area contributed by atoms with Gasteiger partial charge < -0.3 is 5.11 Å². The molecule has 1 aromatic carbocycles. The Morgan fingerprint density at radius 2 is 1.95 bits per heavy atom. The lowest BCUT2D eigenvalue weighted by molar-refractivity contribution is -0.139. The molecule has 7 heteroatoms. The third kappa shape index (κ3) is 4.60. The first-order chi connectivity index (χ1) is 8.86. The summed E-state index contributed by atoms with van der Waals surface area (Å²) in [5, 5.41) is 8.97. The molecule has 0 spiro atoms. The molecule has 2 N–H and O–H groups in total. The summed E-state index contributed by atoms with van der Waals surface area (Å²) in [6.07, 6.45) is 1.58. The molecule has 0 heterocycles. The number of halogens is 1. The molecule has 106 valence electrons. The van der Waals surface area contributed by atoms with E-state index in [1.54, 1.807) is 0 Å². The molecule has 1 rings (SSSR count). The number of hydrogen-bond acceptors (Lipinski definition) is 3. The second-order valence-electron chi connectivity index (χ2n) is 4.11. The SMILES string of the molecule is CCCC[C@@H](NS(=O)(=O)c1ccc(F)cc1)C(=O)O. The van der Waals surface area contributed by atoms with Crippen LogP contribution in [-0.2, 0) is 14.8 Å². The minimum absolute atomic E-state index is 0.156. The van der Waals surface area contributed by atoms with Crippen LogP contribution in [0, 0.1) is 5.82 Å². The minimum atomic E-state index is -3.95. The van der Waals surface area contributed by atoms with Crippen molar-refractivity contribution in [3.63, 3.8) is 0 Å². The van der Waals surface area contributed by atoms with E-state index < -0.39 is 27.9 Å². The second-order valence-corrected chi connectivity index (χ2v) is 5.82. The summed E-state index contributed by atoms with van der Waals surface area (Å²) >= 11 is 0. The molecule has 0 amide bonds. The summed E-state index contributed by atoms with van der Waals surface area (Å²) in [6, 6.07) is 3.04. The molecule has 1 aromatic rings. The van der Waals surface area contributed by atoms with Crippen LogP contribution < -0.4 is 4.72 Å². The number of benzene rings is 1. The van der Waals surface area contributed by atoms with Gasteiger partial charge in [0.05, 0.1) is 4.90 Å². The molecule has 0 radical (unpaired) electrons. The summed E-state index contributed by atoms with van der Waals surface area (Å²) in [5.41, 5.74) is 0. The molecule has 0 aliphatic rings. The van der Waals surface area contributed by atoms with Crippen LogP contribution in [0.15, 0.2) is 29.2 Å².